The first-order chi connectivity index (χ1) is 8.29. The molecule has 17 heavy (non-hydrogen) atoms. The predicted octanol–water partition coefficient (Wildman–Crippen LogP) is 3.20. The second kappa shape index (κ2) is 3.24. The highest BCUT2D eigenvalue weighted by Crippen LogP contribution is 2.68. The lowest BCUT2D eigenvalue weighted by Crippen LogP contribution is -2.39. The van der Waals surface area contributed by atoms with Crippen LogP contribution in [0.15, 0.2) is 24.3 Å². The molecule has 0 bridgehead atoms. The smallest absolute Gasteiger partial charge is 0.169 e. The summed E-state index contributed by atoms with van der Waals surface area (Å²) in [5, 5.41) is 0. The van der Waals surface area contributed by atoms with Crippen LogP contribution in [0.5, 0.6) is 0 Å². The van der Waals surface area contributed by atoms with Gasteiger partial charge in [-0.2, -0.15) is 0 Å². The SMILES string of the molecule is C1=CCC23CC=CCC2(C1)CC1(C3)OCCO1. The van der Waals surface area contributed by atoms with Crippen LogP contribution in [0.4, 0.5) is 0 Å². The van der Waals surface area contributed by atoms with Crippen molar-refractivity contribution >= 4 is 0 Å². The van der Waals surface area contributed by atoms with Crippen LogP contribution in [-0.2, 0) is 9.47 Å². The first kappa shape index (κ1) is 10.3. The lowest BCUT2D eigenvalue weighted by atomic mass is 9.55. The Morgan fingerprint density at radius 1 is 0.647 bits per heavy atom. The van der Waals surface area contributed by atoms with Crippen molar-refractivity contribution in [2.45, 2.75) is 44.3 Å². The van der Waals surface area contributed by atoms with E-state index in [1.165, 1.54) is 25.7 Å². The minimum absolute atomic E-state index is 0.238. The van der Waals surface area contributed by atoms with Crippen LogP contribution in [0.3, 0.4) is 0 Å². The summed E-state index contributed by atoms with van der Waals surface area (Å²) in [6.07, 6.45) is 16.6. The molecule has 1 aliphatic heterocycles. The fourth-order valence-electron chi connectivity index (χ4n) is 4.73. The van der Waals surface area contributed by atoms with Gasteiger partial charge in [-0.25, -0.2) is 0 Å². The van der Waals surface area contributed by atoms with E-state index in [4.69, 9.17) is 9.47 Å². The average Bonchev–Trinajstić information content (AvgIpc) is 2.90. The van der Waals surface area contributed by atoms with Gasteiger partial charge in [-0.15, -0.1) is 0 Å². The Balaban J connectivity index is 1.78. The molecule has 4 rings (SSSR count). The summed E-state index contributed by atoms with van der Waals surface area (Å²) in [6, 6.07) is 0. The van der Waals surface area contributed by atoms with Gasteiger partial charge in [0.2, 0.25) is 0 Å². The fraction of sp³-hybridized carbons (Fsp3) is 0.733. The first-order valence-corrected chi connectivity index (χ1v) is 6.86. The molecule has 0 atom stereocenters. The summed E-state index contributed by atoms with van der Waals surface area (Å²) in [5.41, 5.74) is 0.835. The molecule has 0 aromatic rings. The van der Waals surface area contributed by atoms with Gasteiger partial charge < -0.3 is 9.47 Å². The molecule has 2 heteroatoms. The summed E-state index contributed by atoms with van der Waals surface area (Å²) >= 11 is 0. The first-order valence-electron chi connectivity index (χ1n) is 6.86. The van der Waals surface area contributed by atoms with Crippen LogP contribution in [0, 0.1) is 10.8 Å². The Morgan fingerprint density at radius 2 is 1.06 bits per heavy atom. The second-order valence-corrected chi connectivity index (χ2v) is 6.28. The van der Waals surface area contributed by atoms with Crippen LogP contribution < -0.4 is 0 Å². The fourth-order valence-corrected chi connectivity index (χ4v) is 4.73. The third-order valence-electron chi connectivity index (χ3n) is 5.52. The summed E-state index contributed by atoms with van der Waals surface area (Å²) in [6.45, 7) is 1.57. The maximum Gasteiger partial charge on any atom is 0.169 e. The van der Waals surface area contributed by atoms with Crippen molar-refractivity contribution in [2.75, 3.05) is 13.2 Å². The Morgan fingerprint density at radius 3 is 1.47 bits per heavy atom. The molecule has 1 spiro atoms. The van der Waals surface area contributed by atoms with Crippen LogP contribution in [0.2, 0.25) is 0 Å². The second-order valence-electron chi connectivity index (χ2n) is 6.28. The van der Waals surface area contributed by atoms with Crippen molar-refractivity contribution < 1.29 is 9.47 Å². The van der Waals surface area contributed by atoms with Crippen LogP contribution in [0.1, 0.15) is 38.5 Å². The zero-order valence-electron chi connectivity index (χ0n) is 10.3. The molecule has 4 aliphatic rings. The monoisotopic (exact) mass is 232 g/mol. The summed E-state index contributed by atoms with van der Waals surface area (Å²) in [7, 11) is 0. The van der Waals surface area contributed by atoms with E-state index in [0.29, 0.717) is 10.8 Å². The van der Waals surface area contributed by atoms with Gasteiger partial charge in [-0.1, -0.05) is 24.3 Å². The van der Waals surface area contributed by atoms with E-state index in [9.17, 15) is 0 Å². The molecule has 1 saturated heterocycles. The molecule has 1 heterocycles. The third-order valence-corrected chi connectivity index (χ3v) is 5.52. The molecule has 0 unspecified atom stereocenters. The summed E-state index contributed by atoms with van der Waals surface area (Å²) in [4.78, 5) is 0. The molecule has 0 radical (unpaired) electrons. The van der Waals surface area contributed by atoms with Gasteiger partial charge in [0.15, 0.2) is 5.79 Å². The topological polar surface area (TPSA) is 18.5 Å². The van der Waals surface area contributed by atoms with Crippen molar-refractivity contribution in [3.05, 3.63) is 24.3 Å². The third kappa shape index (κ3) is 1.23. The molecule has 0 N–H and O–H groups in total. The van der Waals surface area contributed by atoms with Gasteiger partial charge in [0.05, 0.1) is 13.2 Å². The Kier molecular flexibility index (Phi) is 1.97. The summed E-state index contributed by atoms with van der Waals surface area (Å²) < 4.78 is 12.0. The van der Waals surface area contributed by atoms with Gasteiger partial charge in [0, 0.05) is 12.8 Å². The van der Waals surface area contributed by atoms with Crippen molar-refractivity contribution in [1.29, 1.82) is 0 Å². The number of allylic oxidation sites excluding steroid dienone is 4. The van der Waals surface area contributed by atoms with Gasteiger partial charge in [0.25, 0.3) is 0 Å². The average molecular weight is 232 g/mol. The maximum atomic E-state index is 6.00. The molecule has 0 aromatic heterocycles. The zero-order valence-corrected chi connectivity index (χ0v) is 10.3. The highest BCUT2D eigenvalue weighted by atomic mass is 16.7. The lowest BCUT2D eigenvalue weighted by molar-refractivity contribution is -0.158. The number of rotatable bonds is 0. The van der Waals surface area contributed by atoms with E-state index >= 15 is 0 Å². The van der Waals surface area contributed by atoms with E-state index in [0.717, 1.165) is 26.1 Å². The van der Waals surface area contributed by atoms with Gasteiger partial charge in [-0.05, 0) is 36.5 Å². The van der Waals surface area contributed by atoms with Crippen LogP contribution in [0.25, 0.3) is 0 Å². The lowest BCUT2D eigenvalue weighted by Gasteiger charge is -2.48. The molecule has 3 aliphatic carbocycles. The molecule has 0 amide bonds. The number of hydrogen-bond acceptors (Lipinski definition) is 2. The Bertz CT molecular complexity index is 340. The van der Waals surface area contributed by atoms with E-state index < -0.39 is 0 Å². The zero-order chi connectivity index (χ0) is 11.4. The largest absolute Gasteiger partial charge is 0.347 e. The van der Waals surface area contributed by atoms with Crippen molar-refractivity contribution in [3.8, 4) is 0 Å². The van der Waals surface area contributed by atoms with E-state index in [-0.39, 0.29) is 5.79 Å². The predicted molar refractivity (Wildman–Crippen MR) is 65.5 cm³/mol. The normalized spacial score (nSPS) is 46.1. The number of ether oxygens (including phenoxy) is 2. The van der Waals surface area contributed by atoms with Crippen molar-refractivity contribution in [1.82, 2.24) is 0 Å². The quantitative estimate of drug-likeness (QED) is 0.597. The van der Waals surface area contributed by atoms with Crippen LogP contribution >= 0.6 is 0 Å². The molecule has 1 saturated carbocycles. The van der Waals surface area contributed by atoms with Crippen molar-refractivity contribution in [3.63, 3.8) is 0 Å². The maximum absolute atomic E-state index is 6.00. The highest BCUT2D eigenvalue weighted by molar-refractivity contribution is 5.22. The molecule has 2 nitrogen and oxygen atoms in total. The van der Waals surface area contributed by atoms with Crippen molar-refractivity contribution in [2.24, 2.45) is 10.8 Å². The molecule has 2 fully saturated rings. The van der Waals surface area contributed by atoms with Gasteiger partial charge in [0.1, 0.15) is 0 Å². The minimum atomic E-state index is -0.238. The summed E-state index contributed by atoms with van der Waals surface area (Å²) in [5.74, 6) is -0.238. The molecule has 0 aromatic carbocycles. The van der Waals surface area contributed by atoms with E-state index in [1.54, 1.807) is 0 Å². The number of hydrogen-bond donors (Lipinski definition) is 0. The molecular formula is C15H20O2. The van der Waals surface area contributed by atoms with E-state index in [1.807, 2.05) is 0 Å². The minimum Gasteiger partial charge on any atom is -0.347 e. The Labute approximate surface area is 103 Å². The molecule has 92 valence electrons. The Hall–Kier alpha value is -0.600. The standard InChI is InChI=1S/C15H20O2/c1-2-6-14-8-4-3-7-13(14,5-1)11-15(12-14)16-9-10-17-15/h1-4H,5-12H2. The van der Waals surface area contributed by atoms with Gasteiger partial charge >= 0.3 is 0 Å². The highest BCUT2D eigenvalue weighted by Gasteiger charge is 2.64. The molecular weight excluding hydrogens is 212 g/mol. The van der Waals surface area contributed by atoms with Crippen LogP contribution in [-0.4, -0.2) is 19.0 Å². The van der Waals surface area contributed by atoms with Gasteiger partial charge in [-0.3, -0.25) is 0 Å². The van der Waals surface area contributed by atoms with E-state index in [2.05, 4.69) is 24.3 Å².